The third-order valence-electron chi connectivity index (χ3n) is 4.00. The number of carbonyl (C=O) groups excluding carboxylic acids is 2. The molecule has 1 aliphatic heterocycles. The highest BCUT2D eigenvalue weighted by molar-refractivity contribution is 5.96. The van der Waals surface area contributed by atoms with Gasteiger partial charge < -0.3 is 20.3 Å². The number of amides is 2. The number of rotatable bonds is 4. The van der Waals surface area contributed by atoms with Gasteiger partial charge >= 0.3 is 12.0 Å². The molecule has 0 saturated carbocycles. The molecule has 3 rings (SSSR count). The number of cyclic esters (lactones) is 1. The number of benzene rings is 1. The largest absolute Gasteiger partial charge is 0.464 e. The first-order valence-corrected chi connectivity index (χ1v) is 8.00. The fraction of sp³-hybridized carbons (Fsp3) is 0.278. The summed E-state index contributed by atoms with van der Waals surface area (Å²) in [5, 5.41) is 5.38. The zero-order valence-electron chi connectivity index (χ0n) is 14.2. The molecule has 1 aromatic heterocycles. The zero-order valence-corrected chi connectivity index (χ0v) is 14.2. The SMILES string of the molecule is CN(C)c1ccc(-c2ccncc2NC(=O)N[C@H]2CCOC2=O)cc1. The van der Waals surface area contributed by atoms with Crippen LogP contribution in [0.2, 0.25) is 0 Å². The molecule has 7 heteroatoms. The minimum atomic E-state index is -0.598. The van der Waals surface area contributed by atoms with Crippen LogP contribution in [0.5, 0.6) is 0 Å². The number of pyridine rings is 1. The number of ether oxygens (including phenoxy) is 1. The predicted octanol–water partition coefficient (Wildman–Crippen LogP) is 2.25. The molecule has 2 N–H and O–H groups in total. The summed E-state index contributed by atoms with van der Waals surface area (Å²) >= 11 is 0. The maximum atomic E-state index is 12.2. The summed E-state index contributed by atoms with van der Waals surface area (Å²) in [7, 11) is 3.96. The van der Waals surface area contributed by atoms with E-state index >= 15 is 0 Å². The van der Waals surface area contributed by atoms with Crippen molar-refractivity contribution in [3.63, 3.8) is 0 Å². The quantitative estimate of drug-likeness (QED) is 0.834. The summed E-state index contributed by atoms with van der Waals surface area (Å²) < 4.78 is 4.84. The summed E-state index contributed by atoms with van der Waals surface area (Å²) in [6.07, 6.45) is 3.74. The third-order valence-corrected chi connectivity index (χ3v) is 4.00. The van der Waals surface area contributed by atoms with Crippen molar-refractivity contribution < 1.29 is 14.3 Å². The Bertz CT molecular complexity index is 774. The number of urea groups is 1. The van der Waals surface area contributed by atoms with Gasteiger partial charge in [0.1, 0.15) is 6.04 Å². The lowest BCUT2D eigenvalue weighted by Crippen LogP contribution is -2.40. The monoisotopic (exact) mass is 340 g/mol. The molecule has 0 spiro atoms. The van der Waals surface area contributed by atoms with Crippen molar-refractivity contribution in [2.24, 2.45) is 0 Å². The Morgan fingerprint density at radius 3 is 2.64 bits per heavy atom. The highest BCUT2D eigenvalue weighted by atomic mass is 16.5. The van der Waals surface area contributed by atoms with Crippen molar-refractivity contribution in [2.75, 3.05) is 30.9 Å². The van der Waals surface area contributed by atoms with Gasteiger partial charge in [0.15, 0.2) is 0 Å². The van der Waals surface area contributed by atoms with Crippen LogP contribution in [0.3, 0.4) is 0 Å². The third kappa shape index (κ3) is 3.88. The molecule has 1 saturated heterocycles. The Labute approximate surface area is 146 Å². The summed E-state index contributed by atoms with van der Waals surface area (Å²) in [4.78, 5) is 29.7. The molecule has 2 heterocycles. The summed E-state index contributed by atoms with van der Waals surface area (Å²) in [6.45, 7) is 0.333. The summed E-state index contributed by atoms with van der Waals surface area (Å²) in [5.74, 6) is -0.402. The molecule has 7 nitrogen and oxygen atoms in total. The maximum Gasteiger partial charge on any atom is 0.328 e. The van der Waals surface area contributed by atoms with Crippen molar-refractivity contribution in [3.8, 4) is 11.1 Å². The second-order valence-electron chi connectivity index (χ2n) is 5.97. The zero-order chi connectivity index (χ0) is 17.8. The first kappa shape index (κ1) is 16.8. The van der Waals surface area contributed by atoms with Crippen LogP contribution < -0.4 is 15.5 Å². The van der Waals surface area contributed by atoms with E-state index in [0.29, 0.717) is 18.7 Å². The Balaban J connectivity index is 1.76. The number of anilines is 2. The van der Waals surface area contributed by atoms with Gasteiger partial charge in [-0.3, -0.25) is 4.98 Å². The van der Waals surface area contributed by atoms with Crippen LogP contribution in [0.15, 0.2) is 42.7 Å². The number of esters is 1. The van der Waals surface area contributed by atoms with Crippen LogP contribution in [0.1, 0.15) is 6.42 Å². The van der Waals surface area contributed by atoms with Crippen molar-refractivity contribution >= 4 is 23.4 Å². The molecule has 130 valence electrons. The number of carbonyl (C=O) groups is 2. The molecule has 0 unspecified atom stereocenters. The fourth-order valence-corrected chi connectivity index (χ4v) is 2.63. The molecule has 25 heavy (non-hydrogen) atoms. The van der Waals surface area contributed by atoms with E-state index in [1.165, 1.54) is 0 Å². The van der Waals surface area contributed by atoms with E-state index < -0.39 is 18.0 Å². The number of nitrogens with one attached hydrogen (secondary N) is 2. The van der Waals surface area contributed by atoms with Gasteiger partial charge in [-0.05, 0) is 23.8 Å². The normalized spacial score (nSPS) is 16.2. The van der Waals surface area contributed by atoms with Crippen LogP contribution in [-0.2, 0) is 9.53 Å². The van der Waals surface area contributed by atoms with Crippen LogP contribution in [-0.4, -0.2) is 43.7 Å². The minimum Gasteiger partial charge on any atom is -0.464 e. The summed E-state index contributed by atoms with van der Waals surface area (Å²) in [5.41, 5.74) is 3.47. The van der Waals surface area contributed by atoms with Gasteiger partial charge in [-0.2, -0.15) is 0 Å². The lowest BCUT2D eigenvalue weighted by molar-refractivity contribution is -0.139. The Morgan fingerprint density at radius 1 is 1.24 bits per heavy atom. The van der Waals surface area contributed by atoms with E-state index in [-0.39, 0.29) is 0 Å². The van der Waals surface area contributed by atoms with E-state index in [1.54, 1.807) is 12.4 Å². The highest BCUT2D eigenvalue weighted by Crippen LogP contribution is 2.28. The number of hydrogen-bond acceptors (Lipinski definition) is 5. The van der Waals surface area contributed by atoms with Gasteiger partial charge in [0, 0.05) is 38.0 Å². The average molecular weight is 340 g/mol. The average Bonchev–Trinajstić information content (AvgIpc) is 3.00. The number of nitrogens with zero attached hydrogens (tertiary/aromatic N) is 2. The van der Waals surface area contributed by atoms with Crippen LogP contribution in [0.4, 0.5) is 16.2 Å². The molecule has 0 radical (unpaired) electrons. The first-order valence-electron chi connectivity index (χ1n) is 8.00. The molecule has 1 aliphatic rings. The molecule has 0 aliphatic carbocycles. The van der Waals surface area contributed by atoms with E-state index in [0.717, 1.165) is 16.8 Å². The molecular weight excluding hydrogens is 320 g/mol. The molecule has 0 bridgehead atoms. The lowest BCUT2D eigenvalue weighted by atomic mass is 10.0. The molecule has 1 atom stereocenters. The van der Waals surface area contributed by atoms with Crippen molar-refractivity contribution in [1.82, 2.24) is 10.3 Å². The second kappa shape index (κ2) is 7.21. The minimum absolute atomic E-state index is 0.333. The Hall–Kier alpha value is -3.09. The number of hydrogen-bond donors (Lipinski definition) is 2. The summed E-state index contributed by atoms with van der Waals surface area (Å²) in [6, 6.07) is 8.78. The molecule has 2 aromatic rings. The predicted molar refractivity (Wildman–Crippen MR) is 95.5 cm³/mol. The van der Waals surface area contributed by atoms with Crippen LogP contribution >= 0.6 is 0 Å². The van der Waals surface area contributed by atoms with Gasteiger partial charge in [-0.25, -0.2) is 9.59 Å². The maximum absolute atomic E-state index is 12.2. The van der Waals surface area contributed by atoms with Crippen molar-refractivity contribution in [3.05, 3.63) is 42.7 Å². The highest BCUT2D eigenvalue weighted by Gasteiger charge is 2.28. The van der Waals surface area contributed by atoms with Gasteiger partial charge in [-0.15, -0.1) is 0 Å². The lowest BCUT2D eigenvalue weighted by Gasteiger charge is -2.15. The molecule has 2 amide bonds. The molecule has 1 fully saturated rings. The van der Waals surface area contributed by atoms with Crippen LogP contribution in [0, 0.1) is 0 Å². The van der Waals surface area contributed by atoms with E-state index in [2.05, 4.69) is 15.6 Å². The first-order chi connectivity index (χ1) is 12.0. The Morgan fingerprint density at radius 2 is 2.00 bits per heavy atom. The van der Waals surface area contributed by atoms with Gasteiger partial charge in [0.05, 0.1) is 18.5 Å². The fourth-order valence-electron chi connectivity index (χ4n) is 2.63. The van der Waals surface area contributed by atoms with Gasteiger partial charge in [0.25, 0.3) is 0 Å². The van der Waals surface area contributed by atoms with E-state index in [1.807, 2.05) is 49.3 Å². The van der Waals surface area contributed by atoms with E-state index in [4.69, 9.17) is 4.74 Å². The van der Waals surface area contributed by atoms with Crippen molar-refractivity contribution in [1.29, 1.82) is 0 Å². The second-order valence-corrected chi connectivity index (χ2v) is 5.97. The van der Waals surface area contributed by atoms with Gasteiger partial charge in [-0.1, -0.05) is 12.1 Å². The molecular formula is C18H20N4O3. The van der Waals surface area contributed by atoms with Crippen molar-refractivity contribution in [2.45, 2.75) is 12.5 Å². The van der Waals surface area contributed by atoms with Crippen LogP contribution in [0.25, 0.3) is 11.1 Å². The Kier molecular flexibility index (Phi) is 4.83. The van der Waals surface area contributed by atoms with Gasteiger partial charge in [0.2, 0.25) is 0 Å². The smallest absolute Gasteiger partial charge is 0.328 e. The topological polar surface area (TPSA) is 83.6 Å². The molecule has 1 aromatic carbocycles. The van der Waals surface area contributed by atoms with E-state index in [9.17, 15) is 9.59 Å². The number of aromatic nitrogens is 1. The standard InChI is InChI=1S/C18H20N4O3/c1-22(2)13-5-3-12(4-6-13)14-7-9-19-11-16(14)21-18(24)20-15-8-10-25-17(15)23/h3-7,9,11,15H,8,10H2,1-2H3,(H2,20,21,24)/t15-/m0/s1.